The highest BCUT2D eigenvalue weighted by atomic mass is 79.9. The fourth-order valence-electron chi connectivity index (χ4n) is 0.908. The summed E-state index contributed by atoms with van der Waals surface area (Å²) in [5, 5.41) is 2.81. The molecule has 0 spiro atoms. The smallest absolute Gasteiger partial charge is 0.360 e. The van der Waals surface area contributed by atoms with E-state index in [-0.39, 0.29) is 0 Å². The fraction of sp³-hybridized carbons (Fsp3) is 0.100. The molecule has 92 valence electrons. The fourth-order valence-corrected chi connectivity index (χ4v) is 1.64. The van der Waals surface area contributed by atoms with Crippen molar-refractivity contribution >= 4 is 39.0 Å². The minimum atomic E-state index is -4.86. The van der Waals surface area contributed by atoms with Gasteiger partial charge in [-0.1, -0.05) is 27.5 Å². The van der Waals surface area contributed by atoms with Gasteiger partial charge in [-0.15, -0.1) is 0 Å². The molecular weight excluding hydrogens is 322 g/mol. The molecule has 1 rings (SSSR count). The van der Waals surface area contributed by atoms with Crippen molar-refractivity contribution < 1.29 is 18.0 Å². The zero-order valence-electron chi connectivity index (χ0n) is 8.18. The van der Waals surface area contributed by atoms with Gasteiger partial charge < -0.3 is 5.32 Å². The molecule has 0 aliphatic rings. The quantitative estimate of drug-likeness (QED) is 0.844. The Hall–Kier alpha value is -1.01. The molecule has 0 heterocycles. The molecule has 2 nitrogen and oxygen atoms in total. The second-order valence-electron chi connectivity index (χ2n) is 2.96. The SMILES string of the molecule is O=C(C=CNc1ccc(Br)cc1Cl)C(F)(F)F. The summed E-state index contributed by atoms with van der Waals surface area (Å²) in [5.74, 6) is -1.93. The van der Waals surface area contributed by atoms with Crippen molar-refractivity contribution in [3.8, 4) is 0 Å². The highest BCUT2D eigenvalue weighted by Crippen LogP contribution is 2.25. The molecule has 0 amide bonds. The lowest BCUT2D eigenvalue weighted by atomic mass is 10.3. The van der Waals surface area contributed by atoms with Crippen LogP contribution in [0.3, 0.4) is 0 Å². The predicted molar refractivity (Wildman–Crippen MR) is 63.0 cm³/mol. The standard InChI is InChI=1S/C10H6BrClF3NO/c11-6-1-2-8(7(12)5-6)16-4-3-9(17)10(13,14)15/h1-5,16H. The third-order valence-electron chi connectivity index (χ3n) is 1.68. The minimum absolute atomic E-state index is 0.323. The van der Waals surface area contributed by atoms with Crippen LogP contribution in [0, 0.1) is 0 Å². The highest BCUT2D eigenvalue weighted by molar-refractivity contribution is 9.10. The van der Waals surface area contributed by atoms with Gasteiger partial charge in [-0.05, 0) is 18.2 Å². The molecule has 0 saturated carbocycles. The van der Waals surface area contributed by atoms with Gasteiger partial charge in [0.25, 0.3) is 5.78 Å². The Kier molecular flexibility index (Phi) is 4.59. The molecule has 0 atom stereocenters. The normalized spacial score (nSPS) is 11.8. The molecule has 1 aromatic carbocycles. The van der Waals surface area contributed by atoms with Gasteiger partial charge >= 0.3 is 6.18 Å². The Labute approximate surface area is 109 Å². The summed E-state index contributed by atoms with van der Waals surface area (Å²) in [7, 11) is 0. The summed E-state index contributed by atoms with van der Waals surface area (Å²) in [6, 6.07) is 4.80. The van der Waals surface area contributed by atoms with E-state index in [0.29, 0.717) is 16.8 Å². The molecule has 0 aliphatic heterocycles. The summed E-state index contributed by atoms with van der Waals surface area (Å²) in [4.78, 5) is 10.5. The third kappa shape index (κ3) is 4.40. The molecule has 0 saturated heterocycles. The van der Waals surface area contributed by atoms with Crippen molar-refractivity contribution in [1.29, 1.82) is 0 Å². The van der Waals surface area contributed by atoms with E-state index in [0.717, 1.165) is 10.7 Å². The van der Waals surface area contributed by atoms with Crippen molar-refractivity contribution in [3.05, 3.63) is 40.0 Å². The number of hydrogen-bond donors (Lipinski definition) is 1. The van der Waals surface area contributed by atoms with Crippen LogP contribution in [0.4, 0.5) is 18.9 Å². The van der Waals surface area contributed by atoms with Crippen molar-refractivity contribution in [3.63, 3.8) is 0 Å². The van der Waals surface area contributed by atoms with Gasteiger partial charge in [-0.25, -0.2) is 0 Å². The summed E-state index contributed by atoms with van der Waals surface area (Å²) >= 11 is 8.98. The van der Waals surface area contributed by atoms with Gasteiger partial charge in [0.1, 0.15) is 0 Å². The summed E-state index contributed by atoms with van der Waals surface area (Å²) in [5.41, 5.74) is 0.404. The lowest BCUT2D eigenvalue weighted by Gasteiger charge is -2.04. The van der Waals surface area contributed by atoms with Crippen molar-refractivity contribution in [2.45, 2.75) is 6.18 Å². The van der Waals surface area contributed by atoms with Gasteiger partial charge in [0.2, 0.25) is 0 Å². The van der Waals surface area contributed by atoms with Crippen molar-refractivity contribution in [1.82, 2.24) is 0 Å². The Morgan fingerprint density at radius 2 is 2.06 bits per heavy atom. The van der Waals surface area contributed by atoms with Gasteiger partial charge in [0.15, 0.2) is 0 Å². The number of rotatable bonds is 3. The Bertz CT molecular complexity index is 459. The van der Waals surface area contributed by atoms with E-state index in [1.165, 1.54) is 0 Å². The lowest BCUT2D eigenvalue weighted by molar-refractivity contribution is -0.165. The number of halogens is 5. The van der Waals surface area contributed by atoms with Crippen LogP contribution in [0.2, 0.25) is 5.02 Å². The van der Waals surface area contributed by atoms with E-state index in [2.05, 4.69) is 21.2 Å². The zero-order chi connectivity index (χ0) is 13.1. The Balaban J connectivity index is 2.68. The largest absolute Gasteiger partial charge is 0.454 e. The molecule has 0 unspecified atom stereocenters. The highest BCUT2D eigenvalue weighted by Gasteiger charge is 2.35. The van der Waals surface area contributed by atoms with E-state index in [9.17, 15) is 18.0 Å². The van der Waals surface area contributed by atoms with Crippen LogP contribution in [0.25, 0.3) is 0 Å². The van der Waals surface area contributed by atoms with Crippen LogP contribution in [-0.4, -0.2) is 12.0 Å². The topological polar surface area (TPSA) is 29.1 Å². The number of carbonyl (C=O) groups excluding carboxylic acids is 1. The Morgan fingerprint density at radius 1 is 1.41 bits per heavy atom. The number of anilines is 1. The van der Waals surface area contributed by atoms with Gasteiger partial charge in [-0.2, -0.15) is 13.2 Å². The first-order valence-electron chi connectivity index (χ1n) is 4.30. The lowest BCUT2D eigenvalue weighted by Crippen LogP contribution is -2.20. The number of carbonyl (C=O) groups is 1. The zero-order valence-corrected chi connectivity index (χ0v) is 10.5. The predicted octanol–water partition coefficient (Wildman–Crippen LogP) is 4.16. The first kappa shape index (κ1) is 14.1. The summed E-state index contributed by atoms with van der Waals surface area (Å²) in [6.45, 7) is 0. The number of ketones is 1. The van der Waals surface area contributed by atoms with Crippen LogP contribution in [0.1, 0.15) is 0 Å². The van der Waals surface area contributed by atoms with E-state index in [1.54, 1.807) is 18.2 Å². The van der Waals surface area contributed by atoms with Crippen molar-refractivity contribution in [2.75, 3.05) is 5.32 Å². The summed E-state index contributed by atoms with van der Waals surface area (Å²) in [6.07, 6.45) is -3.56. The molecular formula is C10H6BrClF3NO. The van der Waals surface area contributed by atoms with E-state index in [4.69, 9.17) is 11.6 Å². The summed E-state index contributed by atoms with van der Waals surface area (Å²) < 4.78 is 36.3. The minimum Gasteiger partial charge on any atom is -0.360 e. The van der Waals surface area contributed by atoms with E-state index >= 15 is 0 Å². The molecule has 1 aromatic rings. The molecule has 0 aromatic heterocycles. The molecule has 1 N–H and O–H groups in total. The number of alkyl halides is 3. The molecule has 0 radical (unpaired) electrons. The van der Waals surface area contributed by atoms with Crippen LogP contribution in [0.5, 0.6) is 0 Å². The maximum Gasteiger partial charge on any atom is 0.454 e. The molecule has 0 fully saturated rings. The second kappa shape index (κ2) is 5.55. The maximum atomic E-state index is 11.8. The van der Waals surface area contributed by atoms with Crippen LogP contribution in [0.15, 0.2) is 34.9 Å². The average molecular weight is 329 g/mol. The van der Waals surface area contributed by atoms with E-state index in [1.807, 2.05) is 0 Å². The first-order valence-corrected chi connectivity index (χ1v) is 5.47. The number of allylic oxidation sites excluding steroid dienone is 1. The molecule has 17 heavy (non-hydrogen) atoms. The maximum absolute atomic E-state index is 11.8. The van der Waals surface area contributed by atoms with Gasteiger partial charge in [-0.3, -0.25) is 4.79 Å². The molecule has 0 aliphatic carbocycles. The van der Waals surface area contributed by atoms with Crippen LogP contribution >= 0.6 is 27.5 Å². The third-order valence-corrected chi connectivity index (χ3v) is 2.49. The molecule has 7 heteroatoms. The van der Waals surface area contributed by atoms with Gasteiger partial charge in [0, 0.05) is 16.7 Å². The second-order valence-corrected chi connectivity index (χ2v) is 4.29. The van der Waals surface area contributed by atoms with Gasteiger partial charge in [0.05, 0.1) is 10.7 Å². The monoisotopic (exact) mass is 327 g/mol. The number of benzene rings is 1. The number of nitrogens with one attached hydrogen (secondary N) is 1. The van der Waals surface area contributed by atoms with Crippen molar-refractivity contribution in [2.24, 2.45) is 0 Å². The first-order chi connectivity index (χ1) is 7.80. The van der Waals surface area contributed by atoms with Crippen LogP contribution in [-0.2, 0) is 4.79 Å². The Morgan fingerprint density at radius 3 is 2.59 bits per heavy atom. The molecule has 0 bridgehead atoms. The average Bonchev–Trinajstić information content (AvgIpc) is 2.19. The van der Waals surface area contributed by atoms with E-state index < -0.39 is 12.0 Å². The number of hydrogen-bond acceptors (Lipinski definition) is 2. The van der Waals surface area contributed by atoms with Crippen LogP contribution < -0.4 is 5.32 Å².